The van der Waals surface area contributed by atoms with E-state index in [0.717, 1.165) is 16.3 Å². The van der Waals surface area contributed by atoms with Gasteiger partial charge in [-0.05, 0) is 41.7 Å². The van der Waals surface area contributed by atoms with Crippen molar-refractivity contribution in [3.63, 3.8) is 0 Å². The molecule has 5 heteroatoms. The maximum absolute atomic E-state index is 12.9. The molecule has 1 aliphatic carbocycles. The van der Waals surface area contributed by atoms with E-state index in [0.29, 0.717) is 29.7 Å². The van der Waals surface area contributed by atoms with Crippen molar-refractivity contribution < 1.29 is 9.59 Å². The van der Waals surface area contributed by atoms with Crippen LogP contribution in [0, 0.1) is 6.92 Å². The molecule has 0 saturated heterocycles. The molecule has 0 fully saturated rings. The first-order valence-electron chi connectivity index (χ1n) is 10.3. The molecule has 0 aliphatic heterocycles. The first-order chi connectivity index (χ1) is 15.1. The lowest BCUT2D eigenvalue weighted by Gasteiger charge is -2.23. The van der Waals surface area contributed by atoms with Gasteiger partial charge in [-0.2, -0.15) is 0 Å². The molecule has 4 aromatic rings. The van der Waals surface area contributed by atoms with Gasteiger partial charge in [-0.1, -0.05) is 66.2 Å². The van der Waals surface area contributed by atoms with Crippen molar-refractivity contribution >= 4 is 28.4 Å². The van der Waals surface area contributed by atoms with Gasteiger partial charge < -0.3 is 0 Å². The van der Waals surface area contributed by atoms with Crippen molar-refractivity contribution in [2.24, 2.45) is 0 Å². The van der Waals surface area contributed by atoms with Crippen LogP contribution in [0.5, 0.6) is 0 Å². The molecular weight excluding hydrogens is 386 g/mol. The molecule has 1 aromatic heterocycles. The molecule has 0 saturated carbocycles. The standard InChI is InChI=1S/C26H21N3O2/c1-16-9-11-17(12-10-16)19-13-23-22(24(30)14-19)15-27-26(28-23)29-25(31)21-8-4-6-18-5-2-3-7-20(18)21/h2-12,15,19H,13-14H2,1H3,(H,27,28,29,31). The topological polar surface area (TPSA) is 72.0 Å². The Hall–Kier alpha value is -3.86. The number of anilines is 1. The zero-order valence-corrected chi connectivity index (χ0v) is 17.1. The summed E-state index contributed by atoms with van der Waals surface area (Å²) in [6, 6.07) is 21.6. The summed E-state index contributed by atoms with van der Waals surface area (Å²) in [6.07, 6.45) is 2.62. The third kappa shape index (κ3) is 3.70. The van der Waals surface area contributed by atoms with Crippen LogP contribution in [-0.4, -0.2) is 21.7 Å². The number of nitrogens with zero attached hydrogens (tertiary/aromatic N) is 2. The fraction of sp³-hybridized carbons (Fsp3) is 0.154. The molecule has 152 valence electrons. The summed E-state index contributed by atoms with van der Waals surface area (Å²) >= 11 is 0. The number of hydrogen-bond donors (Lipinski definition) is 1. The number of Topliss-reactive ketones (excluding diaryl/α,β-unsaturated/α-hetero) is 1. The summed E-state index contributed by atoms with van der Waals surface area (Å²) in [5.74, 6) is 0.0684. The van der Waals surface area contributed by atoms with Gasteiger partial charge in [-0.25, -0.2) is 9.97 Å². The Morgan fingerprint density at radius 1 is 0.968 bits per heavy atom. The van der Waals surface area contributed by atoms with E-state index in [9.17, 15) is 9.59 Å². The molecule has 1 aliphatic rings. The van der Waals surface area contributed by atoms with Crippen LogP contribution >= 0.6 is 0 Å². The van der Waals surface area contributed by atoms with Crippen molar-refractivity contribution in [2.75, 3.05) is 5.32 Å². The minimum Gasteiger partial charge on any atom is -0.294 e. The van der Waals surface area contributed by atoms with Crippen molar-refractivity contribution in [1.82, 2.24) is 9.97 Å². The van der Waals surface area contributed by atoms with E-state index in [1.165, 1.54) is 11.8 Å². The maximum atomic E-state index is 12.9. The monoisotopic (exact) mass is 407 g/mol. The average molecular weight is 407 g/mol. The van der Waals surface area contributed by atoms with Gasteiger partial charge in [0.05, 0.1) is 11.3 Å². The lowest BCUT2D eigenvalue weighted by Crippen LogP contribution is -2.22. The molecule has 0 spiro atoms. The van der Waals surface area contributed by atoms with Gasteiger partial charge in [0.25, 0.3) is 5.91 Å². The summed E-state index contributed by atoms with van der Waals surface area (Å²) in [7, 11) is 0. The van der Waals surface area contributed by atoms with E-state index < -0.39 is 0 Å². The van der Waals surface area contributed by atoms with Gasteiger partial charge in [0.2, 0.25) is 5.95 Å². The van der Waals surface area contributed by atoms with E-state index in [1.54, 1.807) is 6.07 Å². The number of amides is 1. The summed E-state index contributed by atoms with van der Waals surface area (Å²) < 4.78 is 0. The van der Waals surface area contributed by atoms with E-state index in [-0.39, 0.29) is 23.6 Å². The van der Waals surface area contributed by atoms with Gasteiger partial charge in [0, 0.05) is 18.2 Å². The van der Waals surface area contributed by atoms with Crippen LogP contribution in [-0.2, 0) is 6.42 Å². The Morgan fingerprint density at radius 2 is 1.74 bits per heavy atom. The summed E-state index contributed by atoms with van der Waals surface area (Å²) in [5, 5.41) is 4.67. The summed E-state index contributed by atoms with van der Waals surface area (Å²) in [4.78, 5) is 34.4. The summed E-state index contributed by atoms with van der Waals surface area (Å²) in [5.41, 5.74) is 4.11. The number of rotatable bonds is 3. The van der Waals surface area contributed by atoms with E-state index in [2.05, 4.69) is 39.6 Å². The van der Waals surface area contributed by atoms with Gasteiger partial charge in [0.1, 0.15) is 0 Å². The van der Waals surface area contributed by atoms with Crippen LogP contribution in [0.3, 0.4) is 0 Å². The highest BCUT2D eigenvalue weighted by Crippen LogP contribution is 2.32. The molecule has 0 radical (unpaired) electrons. The third-order valence-corrected chi connectivity index (χ3v) is 5.85. The highest BCUT2D eigenvalue weighted by molar-refractivity contribution is 6.12. The predicted molar refractivity (Wildman–Crippen MR) is 121 cm³/mol. The van der Waals surface area contributed by atoms with Crippen molar-refractivity contribution in [3.8, 4) is 0 Å². The first kappa shape index (κ1) is 19.1. The molecule has 31 heavy (non-hydrogen) atoms. The maximum Gasteiger partial charge on any atom is 0.258 e. The molecule has 1 N–H and O–H groups in total. The Labute approximate surface area is 180 Å². The molecule has 5 nitrogen and oxygen atoms in total. The lowest BCUT2D eigenvalue weighted by atomic mass is 9.82. The first-order valence-corrected chi connectivity index (χ1v) is 10.3. The number of ketones is 1. The molecular formula is C26H21N3O2. The average Bonchev–Trinajstić information content (AvgIpc) is 2.79. The van der Waals surface area contributed by atoms with Crippen molar-refractivity contribution in [3.05, 3.63) is 101 Å². The largest absolute Gasteiger partial charge is 0.294 e. The molecule has 1 amide bonds. The SMILES string of the molecule is Cc1ccc(C2CC(=O)c3cnc(NC(=O)c4cccc5ccccc45)nc3C2)cc1. The van der Waals surface area contributed by atoms with Crippen LogP contribution in [0.4, 0.5) is 5.95 Å². The zero-order valence-electron chi connectivity index (χ0n) is 17.1. The second-order valence-corrected chi connectivity index (χ2v) is 7.97. The Kier molecular flexibility index (Phi) is 4.79. The van der Waals surface area contributed by atoms with Gasteiger partial charge in [-0.15, -0.1) is 0 Å². The van der Waals surface area contributed by atoms with E-state index in [1.807, 2.05) is 43.3 Å². The van der Waals surface area contributed by atoms with Crippen LogP contribution in [0.15, 0.2) is 72.9 Å². The number of aromatic nitrogens is 2. The lowest BCUT2D eigenvalue weighted by molar-refractivity contribution is 0.0962. The number of hydrogen-bond acceptors (Lipinski definition) is 4. The molecule has 0 bridgehead atoms. The second-order valence-electron chi connectivity index (χ2n) is 7.97. The Morgan fingerprint density at radius 3 is 2.58 bits per heavy atom. The fourth-order valence-electron chi connectivity index (χ4n) is 4.17. The second kappa shape index (κ2) is 7.76. The fourth-order valence-corrected chi connectivity index (χ4v) is 4.17. The molecule has 1 heterocycles. The van der Waals surface area contributed by atoms with Gasteiger partial charge in [-0.3, -0.25) is 14.9 Å². The highest BCUT2D eigenvalue weighted by Gasteiger charge is 2.28. The van der Waals surface area contributed by atoms with Gasteiger partial charge >= 0.3 is 0 Å². The third-order valence-electron chi connectivity index (χ3n) is 5.85. The van der Waals surface area contributed by atoms with Crippen LogP contribution < -0.4 is 5.32 Å². The molecule has 3 aromatic carbocycles. The normalized spacial score (nSPS) is 15.5. The Bertz CT molecular complexity index is 1310. The van der Waals surface area contributed by atoms with E-state index in [4.69, 9.17) is 0 Å². The van der Waals surface area contributed by atoms with Crippen molar-refractivity contribution in [1.29, 1.82) is 0 Å². The number of benzene rings is 3. The molecule has 1 atom stereocenters. The van der Waals surface area contributed by atoms with Crippen LogP contribution in [0.1, 0.15) is 49.9 Å². The van der Waals surface area contributed by atoms with Gasteiger partial charge in [0.15, 0.2) is 5.78 Å². The quantitative estimate of drug-likeness (QED) is 0.513. The molecule has 1 unspecified atom stereocenters. The van der Waals surface area contributed by atoms with E-state index >= 15 is 0 Å². The number of aryl methyl sites for hydroxylation is 1. The Balaban J connectivity index is 1.42. The predicted octanol–water partition coefficient (Wildman–Crippen LogP) is 5.10. The van der Waals surface area contributed by atoms with Crippen molar-refractivity contribution in [2.45, 2.75) is 25.7 Å². The van der Waals surface area contributed by atoms with Crippen LogP contribution in [0.25, 0.3) is 10.8 Å². The minimum atomic E-state index is -0.269. The molecule has 5 rings (SSSR count). The van der Waals surface area contributed by atoms with Crippen LogP contribution in [0.2, 0.25) is 0 Å². The highest BCUT2D eigenvalue weighted by atomic mass is 16.1. The number of nitrogens with one attached hydrogen (secondary N) is 1. The minimum absolute atomic E-state index is 0.0405. The number of fused-ring (bicyclic) bond motifs is 2. The summed E-state index contributed by atoms with van der Waals surface area (Å²) in [6.45, 7) is 2.04. The number of carbonyl (C=O) groups excluding carboxylic acids is 2. The number of carbonyl (C=O) groups is 2. The smallest absolute Gasteiger partial charge is 0.258 e. The zero-order chi connectivity index (χ0) is 21.4.